The summed E-state index contributed by atoms with van der Waals surface area (Å²) in [6.07, 6.45) is 1.80. The predicted molar refractivity (Wildman–Crippen MR) is 149 cm³/mol. The maximum Gasteiger partial charge on any atom is 0.338 e. The molecule has 0 amide bonds. The summed E-state index contributed by atoms with van der Waals surface area (Å²) < 4.78 is 10.6. The highest BCUT2D eigenvalue weighted by Gasteiger charge is 2.33. The zero-order valence-electron chi connectivity index (χ0n) is 22.2. The molecule has 0 saturated carbocycles. The number of nitrogens with zero attached hydrogens (tertiary/aromatic N) is 5. The van der Waals surface area contributed by atoms with Crippen LogP contribution in [0.25, 0.3) is 17.1 Å². The summed E-state index contributed by atoms with van der Waals surface area (Å²) in [6.45, 7) is 3.74. The zero-order valence-corrected chi connectivity index (χ0v) is 23.0. The molecule has 0 saturated heterocycles. The second-order valence-corrected chi connectivity index (χ2v) is 10.4. The molecular formula is C28H29N5O4S. The summed E-state index contributed by atoms with van der Waals surface area (Å²) in [4.78, 5) is 46.4. The van der Waals surface area contributed by atoms with Crippen LogP contribution >= 0.6 is 11.3 Å². The van der Waals surface area contributed by atoms with Crippen molar-refractivity contribution in [3.8, 4) is 0 Å². The van der Waals surface area contributed by atoms with Gasteiger partial charge in [0.15, 0.2) is 4.80 Å². The number of hydrogen-bond donors (Lipinski definition) is 0. The van der Waals surface area contributed by atoms with Crippen LogP contribution in [0.4, 0.5) is 5.69 Å². The number of hydrogen-bond acceptors (Lipinski definition) is 7. The van der Waals surface area contributed by atoms with Crippen molar-refractivity contribution in [3.63, 3.8) is 0 Å². The van der Waals surface area contributed by atoms with E-state index in [0.29, 0.717) is 20.6 Å². The van der Waals surface area contributed by atoms with Gasteiger partial charge in [0, 0.05) is 33.9 Å². The average Bonchev–Trinajstić information content (AvgIpc) is 3.31. The first-order valence-electron chi connectivity index (χ1n) is 12.2. The van der Waals surface area contributed by atoms with E-state index in [4.69, 9.17) is 4.74 Å². The van der Waals surface area contributed by atoms with Crippen molar-refractivity contribution in [2.45, 2.75) is 19.9 Å². The minimum Gasteiger partial charge on any atom is -0.463 e. The number of fused-ring (bicyclic) bond motifs is 2. The van der Waals surface area contributed by atoms with E-state index in [1.807, 2.05) is 61.5 Å². The number of benzene rings is 2. The molecule has 1 aliphatic heterocycles. The third-order valence-corrected chi connectivity index (χ3v) is 7.82. The Bertz CT molecular complexity index is 1850. The molecule has 196 valence electrons. The number of carbonyl (C=O) groups is 1. The molecule has 0 N–H and O–H groups in total. The summed E-state index contributed by atoms with van der Waals surface area (Å²) in [5.74, 6) is -0.486. The minimum atomic E-state index is -0.666. The predicted octanol–water partition coefficient (Wildman–Crippen LogP) is 2.05. The molecule has 0 aliphatic carbocycles. The Morgan fingerprint density at radius 3 is 2.42 bits per heavy atom. The van der Waals surface area contributed by atoms with Crippen molar-refractivity contribution in [1.29, 1.82) is 0 Å². The lowest BCUT2D eigenvalue weighted by Gasteiger charge is -2.25. The highest BCUT2D eigenvalue weighted by atomic mass is 32.1. The third kappa shape index (κ3) is 4.10. The van der Waals surface area contributed by atoms with Gasteiger partial charge in [-0.15, -0.1) is 0 Å². The Kier molecular flexibility index (Phi) is 6.44. The van der Waals surface area contributed by atoms with Crippen molar-refractivity contribution >= 4 is 40.1 Å². The third-order valence-electron chi connectivity index (χ3n) is 6.84. The standard InChI is InChI=1S/C28H29N5O4S/c1-7-37-26(35)23-16(2)29-27-33(24(23)18-9-11-19(12-10-18)30(3)4)25(34)22(38-27)15-17-8-13-20-21(14-17)32(6)28(36)31(20)5/h8-15,24H,7H2,1-6H3/b22-15+/t24-/m1/s1. The quantitative estimate of drug-likeness (QED) is 0.368. The minimum absolute atomic E-state index is 0.112. The molecule has 2 aromatic carbocycles. The Balaban J connectivity index is 1.70. The van der Waals surface area contributed by atoms with E-state index in [1.165, 1.54) is 11.3 Å². The number of imidazole rings is 1. The van der Waals surface area contributed by atoms with Gasteiger partial charge in [-0.25, -0.2) is 14.6 Å². The van der Waals surface area contributed by atoms with Crippen LogP contribution in [0.2, 0.25) is 0 Å². The van der Waals surface area contributed by atoms with Gasteiger partial charge >= 0.3 is 11.7 Å². The van der Waals surface area contributed by atoms with Crippen LogP contribution < -0.4 is 25.5 Å². The fourth-order valence-electron chi connectivity index (χ4n) is 4.83. The molecule has 10 heteroatoms. The Morgan fingerprint density at radius 2 is 1.76 bits per heavy atom. The van der Waals surface area contributed by atoms with Gasteiger partial charge in [-0.1, -0.05) is 29.5 Å². The van der Waals surface area contributed by atoms with Gasteiger partial charge in [-0.05, 0) is 55.3 Å². The molecule has 1 atom stereocenters. The van der Waals surface area contributed by atoms with Crippen molar-refractivity contribution in [2.24, 2.45) is 19.1 Å². The van der Waals surface area contributed by atoms with Gasteiger partial charge in [0.1, 0.15) is 0 Å². The van der Waals surface area contributed by atoms with Crippen molar-refractivity contribution in [2.75, 3.05) is 25.6 Å². The molecule has 2 aromatic heterocycles. The molecule has 38 heavy (non-hydrogen) atoms. The van der Waals surface area contributed by atoms with Crippen molar-refractivity contribution < 1.29 is 9.53 Å². The lowest BCUT2D eigenvalue weighted by Crippen LogP contribution is -2.39. The Hall–Kier alpha value is -4.18. The van der Waals surface area contributed by atoms with Crippen LogP contribution in [-0.4, -0.2) is 40.4 Å². The Labute approximate surface area is 222 Å². The maximum absolute atomic E-state index is 13.8. The summed E-state index contributed by atoms with van der Waals surface area (Å²) in [5, 5.41) is 0. The molecule has 0 unspecified atom stereocenters. The van der Waals surface area contributed by atoms with Gasteiger partial charge in [0.2, 0.25) is 0 Å². The first kappa shape index (κ1) is 25.5. The summed E-state index contributed by atoms with van der Waals surface area (Å²) >= 11 is 1.27. The first-order chi connectivity index (χ1) is 18.1. The van der Waals surface area contributed by atoms with Crippen LogP contribution in [0.3, 0.4) is 0 Å². The second-order valence-electron chi connectivity index (χ2n) is 9.44. The molecular weight excluding hydrogens is 502 g/mol. The number of aromatic nitrogens is 3. The van der Waals surface area contributed by atoms with Crippen molar-refractivity contribution in [1.82, 2.24) is 13.7 Å². The summed E-state index contributed by atoms with van der Waals surface area (Å²) in [5.41, 5.74) is 4.70. The van der Waals surface area contributed by atoms with Crippen LogP contribution in [0.15, 0.2) is 68.3 Å². The van der Waals surface area contributed by atoms with E-state index in [1.54, 1.807) is 47.7 Å². The number of rotatable bonds is 5. The van der Waals surface area contributed by atoms with Gasteiger partial charge in [0.25, 0.3) is 5.56 Å². The van der Waals surface area contributed by atoms with E-state index in [9.17, 15) is 14.4 Å². The smallest absolute Gasteiger partial charge is 0.338 e. The second kappa shape index (κ2) is 9.60. The SMILES string of the molecule is CCOC(=O)C1=C(C)N=c2s/c(=C/c3ccc4c(c3)n(C)c(=O)n4C)c(=O)n2[C@@H]1c1ccc(N(C)C)cc1. The maximum atomic E-state index is 13.8. The van der Waals surface area contributed by atoms with Crippen molar-refractivity contribution in [3.05, 3.63) is 95.0 Å². The van der Waals surface area contributed by atoms with E-state index < -0.39 is 12.0 Å². The molecule has 0 radical (unpaired) electrons. The Morgan fingerprint density at radius 1 is 1.08 bits per heavy atom. The van der Waals surface area contributed by atoms with Gasteiger partial charge in [-0.3, -0.25) is 18.5 Å². The highest BCUT2D eigenvalue weighted by molar-refractivity contribution is 7.07. The summed E-state index contributed by atoms with van der Waals surface area (Å²) in [7, 11) is 7.37. The van der Waals surface area contributed by atoms with Crippen LogP contribution in [-0.2, 0) is 23.6 Å². The number of carbonyl (C=O) groups excluding carboxylic acids is 1. The van der Waals surface area contributed by atoms with Crippen LogP contribution in [0.1, 0.15) is 31.0 Å². The van der Waals surface area contributed by atoms with E-state index in [-0.39, 0.29) is 17.9 Å². The van der Waals surface area contributed by atoms with Gasteiger partial charge < -0.3 is 9.64 Å². The lowest BCUT2D eigenvalue weighted by atomic mass is 9.95. The first-order valence-corrected chi connectivity index (χ1v) is 13.1. The molecule has 9 nitrogen and oxygen atoms in total. The van der Waals surface area contributed by atoms with E-state index >= 15 is 0 Å². The molecule has 0 spiro atoms. The zero-order chi connectivity index (χ0) is 27.3. The van der Waals surface area contributed by atoms with Gasteiger partial charge in [0.05, 0.1) is 39.5 Å². The fourth-order valence-corrected chi connectivity index (χ4v) is 5.87. The van der Waals surface area contributed by atoms with E-state index in [0.717, 1.165) is 27.8 Å². The topological polar surface area (TPSA) is 90.8 Å². The molecule has 5 rings (SSSR count). The molecule has 1 aliphatic rings. The number of ether oxygens (including phenoxy) is 1. The number of allylic oxidation sites excluding steroid dienone is 1. The van der Waals surface area contributed by atoms with E-state index in [2.05, 4.69) is 4.99 Å². The normalized spacial score (nSPS) is 15.5. The molecule has 4 aromatic rings. The highest BCUT2D eigenvalue weighted by Crippen LogP contribution is 2.31. The van der Waals surface area contributed by atoms with Gasteiger partial charge in [-0.2, -0.15) is 0 Å². The van der Waals surface area contributed by atoms with Crippen LogP contribution in [0.5, 0.6) is 0 Å². The number of aryl methyl sites for hydroxylation is 2. The fraction of sp³-hybridized carbons (Fsp3) is 0.286. The summed E-state index contributed by atoms with van der Waals surface area (Å²) in [6, 6.07) is 12.8. The monoisotopic (exact) mass is 531 g/mol. The molecule has 0 bridgehead atoms. The lowest BCUT2D eigenvalue weighted by molar-refractivity contribution is -0.139. The molecule has 0 fully saturated rings. The number of esters is 1. The number of anilines is 1. The van der Waals surface area contributed by atoms with Crippen LogP contribution in [0, 0.1) is 0 Å². The average molecular weight is 532 g/mol. The molecule has 3 heterocycles. The number of thiazole rings is 1. The largest absolute Gasteiger partial charge is 0.463 e.